The van der Waals surface area contributed by atoms with Gasteiger partial charge in [-0.15, -0.1) is 0 Å². The first-order valence-electron chi connectivity index (χ1n) is 5.52. The zero-order chi connectivity index (χ0) is 12.8. The van der Waals surface area contributed by atoms with Gasteiger partial charge in [0.15, 0.2) is 5.78 Å². The average Bonchev–Trinajstić information content (AvgIpc) is 2.29. The summed E-state index contributed by atoms with van der Waals surface area (Å²) in [6.45, 7) is 3.07. The second-order valence-electron chi connectivity index (χ2n) is 4.15. The maximum atomic E-state index is 12.0. The number of hydrogen-bond acceptors (Lipinski definition) is 3. The number of ketones is 1. The largest absolute Gasteiger partial charge is 0.383 e. The molecule has 0 fully saturated rings. The lowest BCUT2D eigenvalue weighted by atomic mass is 10.1. The Balaban J connectivity index is 2.60. The molecule has 0 aliphatic carbocycles. The van der Waals surface area contributed by atoms with Gasteiger partial charge in [-0.1, -0.05) is 28.1 Å². The van der Waals surface area contributed by atoms with E-state index >= 15 is 0 Å². The van der Waals surface area contributed by atoms with E-state index in [-0.39, 0.29) is 11.8 Å². The zero-order valence-electron chi connectivity index (χ0n) is 10.4. The summed E-state index contributed by atoms with van der Waals surface area (Å²) in [4.78, 5) is 14.0. The third-order valence-electron chi connectivity index (χ3n) is 2.70. The zero-order valence-corrected chi connectivity index (χ0v) is 12.0. The van der Waals surface area contributed by atoms with Crippen LogP contribution in [-0.4, -0.2) is 44.0 Å². The Kier molecular flexibility index (Phi) is 5.82. The minimum absolute atomic E-state index is 0.122. The molecular formula is C13H18BrNO2. The first-order chi connectivity index (χ1) is 8.04. The van der Waals surface area contributed by atoms with Crippen LogP contribution < -0.4 is 0 Å². The molecule has 1 unspecified atom stereocenters. The highest BCUT2D eigenvalue weighted by molar-refractivity contribution is 9.10. The van der Waals surface area contributed by atoms with Crippen molar-refractivity contribution in [2.75, 3.05) is 27.3 Å². The normalized spacial score (nSPS) is 12.8. The van der Waals surface area contributed by atoms with Crippen molar-refractivity contribution in [3.63, 3.8) is 0 Å². The summed E-state index contributed by atoms with van der Waals surface area (Å²) in [5.41, 5.74) is 0.732. The number of halogens is 1. The number of likely N-dealkylation sites (N-methyl/N-ethyl adjacent to an activating group) is 1. The number of carbonyl (C=O) groups is 1. The molecule has 0 radical (unpaired) electrons. The molecule has 0 amide bonds. The van der Waals surface area contributed by atoms with Crippen LogP contribution in [0.5, 0.6) is 0 Å². The van der Waals surface area contributed by atoms with Crippen molar-refractivity contribution >= 4 is 21.7 Å². The summed E-state index contributed by atoms with van der Waals surface area (Å²) in [5.74, 6) is 0.122. The number of methoxy groups -OCH3 is 1. The van der Waals surface area contributed by atoms with Gasteiger partial charge in [-0.05, 0) is 26.1 Å². The minimum Gasteiger partial charge on any atom is -0.383 e. The first kappa shape index (κ1) is 14.4. The fraction of sp³-hybridized carbons (Fsp3) is 0.462. The first-order valence-corrected chi connectivity index (χ1v) is 6.32. The molecule has 1 atom stereocenters. The molecule has 1 aromatic carbocycles. The van der Waals surface area contributed by atoms with Gasteiger partial charge < -0.3 is 4.74 Å². The number of rotatable bonds is 6. The number of hydrogen-bond donors (Lipinski definition) is 0. The SMILES string of the molecule is COCC(C)N(C)CC(=O)c1cccc(Br)c1. The summed E-state index contributed by atoms with van der Waals surface area (Å²) in [7, 11) is 3.60. The summed E-state index contributed by atoms with van der Waals surface area (Å²) in [5, 5.41) is 0. The van der Waals surface area contributed by atoms with Crippen LogP contribution in [-0.2, 0) is 4.74 Å². The highest BCUT2D eigenvalue weighted by Crippen LogP contribution is 2.12. The maximum Gasteiger partial charge on any atom is 0.176 e. The monoisotopic (exact) mass is 299 g/mol. The number of nitrogens with zero attached hydrogens (tertiary/aromatic N) is 1. The van der Waals surface area contributed by atoms with Gasteiger partial charge in [0.2, 0.25) is 0 Å². The Morgan fingerprint density at radius 2 is 2.24 bits per heavy atom. The lowest BCUT2D eigenvalue weighted by Gasteiger charge is -2.23. The molecule has 1 rings (SSSR count). The minimum atomic E-state index is 0.122. The molecule has 94 valence electrons. The fourth-order valence-corrected chi connectivity index (χ4v) is 1.90. The molecule has 0 N–H and O–H groups in total. The van der Waals surface area contributed by atoms with Crippen LogP contribution >= 0.6 is 15.9 Å². The van der Waals surface area contributed by atoms with Crippen LogP contribution in [0.2, 0.25) is 0 Å². The average molecular weight is 300 g/mol. The number of ether oxygens (including phenoxy) is 1. The molecule has 0 spiro atoms. The molecular weight excluding hydrogens is 282 g/mol. The van der Waals surface area contributed by atoms with Crippen molar-refractivity contribution < 1.29 is 9.53 Å². The van der Waals surface area contributed by atoms with Gasteiger partial charge in [0.25, 0.3) is 0 Å². The Morgan fingerprint density at radius 1 is 1.53 bits per heavy atom. The van der Waals surface area contributed by atoms with Crippen LogP contribution in [0.3, 0.4) is 0 Å². The third-order valence-corrected chi connectivity index (χ3v) is 3.19. The molecule has 1 aromatic rings. The summed E-state index contributed by atoms with van der Waals surface area (Å²) in [6, 6.07) is 7.69. The highest BCUT2D eigenvalue weighted by Gasteiger charge is 2.14. The molecule has 0 bridgehead atoms. The van der Waals surface area contributed by atoms with Crippen LogP contribution in [0.4, 0.5) is 0 Å². The second kappa shape index (κ2) is 6.89. The van der Waals surface area contributed by atoms with Crippen LogP contribution in [0.1, 0.15) is 17.3 Å². The van der Waals surface area contributed by atoms with E-state index in [1.54, 1.807) is 7.11 Å². The van der Waals surface area contributed by atoms with Gasteiger partial charge in [0.05, 0.1) is 13.2 Å². The van der Waals surface area contributed by atoms with Gasteiger partial charge in [0.1, 0.15) is 0 Å². The van der Waals surface area contributed by atoms with E-state index in [2.05, 4.69) is 15.9 Å². The lowest BCUT2D eigenvalue weighted by Crippen LogP contribution is -2.36. The summed E-state index contributed by atoms with van der Waals surface area (Å²) < 4.78 is 6.00. The topological polar surface area (TPSA) is 29.5 Å². The van der Waals surface area contributed by atoms with Crippen molar-refractivity contribution in [3.8, 4) is 0 Å². The Bertz CT molecular complexity index is 381. The van der Waals surface area contributed by atoms with Gasteiger partial charge in [-0.3, -0.25) is 9.69 Å². The van der Waals surface area contributed by atoms with Crippen LogP contribution in [0, 0.1) is 0 Å². The molecule has 0 aliphatic rings. The highest BCUT2D eigenvalue weighted by atomic mass is 79.9. The standard InChI is InChI=1S/C13H18BrNO2/c1-10(9-17-3)15(2)8-13(16)11-5-4-6-12(14)7-11/h4-7,10H,8-9H2,1-3H3. The predicted octanol–water partition coefficient (Wildman–Crippen LogP) is 2.60. The Hall–Kier alpha value is -0.710. The quantitative estimate of drug-likeness (QED) is 0.756. The van der Waals surface area contributed by atoms with E-state index in [0.29, 0.717) is 13.2 Å². The smallest absolute Gasteiger partial charge is 0.176 e. The maximum absolute atomic E-state index is 12.0. The number of benzene rings is 1. The molecule has 0 aliphatic heterocycles. The van der Waals surface area contributed by atoms with E-state index in [1.807, 2.05) is 43.1 Å². The van der Waals surface area contributed by atoms with E-state index < -0.39 is 0 Å². The summed E-state index contributed by atoms with van der Waals surface area (Å²) >= 11 is 3.36. The number of carbonyl (C=O) groups excluding carboxylic acids is 1. The summed E-state index contributed by atoms with van der Waals surface area (Å²) in [6.07, 6.45) is 0. The van der Waals surface area contributed by atoms with Crippen molar-refractivity contribution in [1.82, 2.24) is 4.90 Å². The van der Waals surface area contributed by atoms with Gasteiger partial charge in [-0.2, -0.15) is 0 Å². The van der Waals surface area contributed by atoms with E-state index in [0.717, 1.165) is 10.0 Å². The van der Waals surface area contributed by atoms with Crippen LogP contribution in [0.25, 0.3) is 0 Å². The van der Waals surface area contributed by atoms with Crippen molar-refractivity contribution in [1.29, 1.82) is 0 Å². The van der Waals surface area contributed by atoms with E-state index in [9.17, 15) is 4.79 Å². The molecule has 4 heteroatoms. The molecule has 0 saturated carbocycles. The van der Waals surface area contributed by atoms with Gasteiger partial charge >= 0.3 is 0 Å². The predicted molar refractivity (Wildman–Crippen MR) is 72.4 cm³/mol. The van der Waals surface area contributed by atoms with E-state index in [1.165, 1.54) is 0 Å². The second-order valence-corrected chi connectivity index (χ2v) is 5.07. The molecule has 0 saturated heterocycles. The fourth-order valence-electron chi connectivity index (χ4n) is 1.50. The molecule has 3 nitrogen and oxygen atoms in total. The molecule has 0 heterocycles. The van der Waals surface area contributed by atoms with Crippen molar-refractivity contribution in [3.05, 3.63) is 34.3 Å². The molecule has 17 heavy (non-hydrogen) atoms. The third kappa shape index (κ3) is 4.58. The Labute approximate surface area is 111 Å². The Morgan fingerprint density at radius 3 is 2.82 bits per heavy atom. The van der Waals surface area contributed by atoms with Gasteiger partial charge in [0, 0.05) is 23.2 Å². The van der Waals surface area contributed by atoms with Crippen LogP contribution in [0.15, 0.2) is 28.7 Å². The molecule has 0 aromatic heterocycles. The van der Waals surface area contributed by atoms with E-state index in [4.69, 9.17) is 4.74 Å². The van der Waals surface area contributed by atoms with Crippen molar-refractivity contribution in [2.45, 2.75) is 13.0 Å². The van der Waals surface area contributed by atoms with Crippen molar-refractivity contribution in [2.24, 2.45) is 0 Å². The lowest BCUT2D eigenvalue weighted by molar-refractivity contribution is 0.0841. The number of Topliss-reactive ketones (excluding diaryl/α,β-unsaturated/α-hetero) is 1. The van der Waals surface area contributed by atoms with Gasteiger partial charge in [-0.25, -0.2) is 0 Å².